The Kier molecular flexibility index (Phi) is 5.52. The third-order valence-corrected chi connectivity index (χ3v) is 3.88. The number of hydrogen-bond acceptors (Lipinski definition) is 2. The van der Waals surface area contributed by atoms with Crippen LogP contribution >= 0.6 is 0 Å². The minimum absolute atomic E-state index is 0.764. The lowest BCUT2D eigenvalue weighted by Crippen LogP contribution is -1.99. The largest absolute Gasteiger partial charge is 0.494 e. The fourth-order valence-corrected chi connectivity index (χ4v) is 2.54. The molecule has 3 rings (SSSR count). The summed E-state index contributed by atoms with van der Waals surface area (Å²) in [5.41, 5.74) is 4.86. The Morgan fingerprint density at radius 2 is 1.42 bits per heavy atom. The molecule has 1 N–H and O–H groups in total. The van der Waals surface area contributed by atoms with Crippen LogP contribution in [0, 0.1) is 0 Å². The minimum Gasteiger partial charge on any atom is -0.494 e. The highest BCUT2D eigenvalue weighted by atomic mass is 16.5. The Morgan fingerprint density at radius 3 is 2.08 bits per heavy atom. The van der Waals surface area contributed by atoms with Crippen LogP contribution in [-0.2, 0) is 6.54 Å². The lowest BCUT2D eigenvalue weighted by molar-refractivity contribution is 0.317. The summed E-state index contributed by atoms with van der Waals surface area (Å²) in [5.74, 6) is 0.926. The average molecular weight is 317 g/mol. The number of nitrogens with one attached hydrogen (secondary N) is 1. The second kappa shape index (κ2) is 8.21. The van der Waals surface area contributed by atoms with E-state index in [2.05, 4.69) is 72.9 Å². The number of rotatable bonds is 7. The van der Waals surface area contributed by atoms with Crippen molar-refractivity contribution in [1.29, 1.82) is 0 Å². The third-order valence-electron chi connectivity index (χ3n) is 3.88. The van der Waals surface area contributed by atoms with Crippen molar-refractivity contribution in [2.75, 3.05) is 11.9 Å². The summed E-state index contributed by atoms with van der Waals surface area (Å²) < 4.78 is 5.60. The predicted molar refractivity (Wildman–Crippen MR) is 101 cm³/mol. The first-order valence-corrected chi connectivity index (χ1v) is 8.46. The van der Waals surface area contributed by atoms with Crippen LogP contribution in [0.4, 0.5) is 5.69 Å². The SMILES string of the molecule is CCCOc1ccc(NCc2ccc(-c3ccccc3)cc2)cc1. The molecule has 3 aromatic rings. The molecule has 0 unspecified atom stereocenters. The van der Waals surface area contributed by atoms with E-state index >= 15 is 0 Å². The standard InChI is InChI=1S/C22H23NO/c1-2-16-24-22-14-12-21(13-15-22)23-17-18-8-10-20(11-9-18)19-6-4-3-5-7-19/h3-15,23H,2,16-17H2,1H3. The molecule has 2 heteroatoms. The van der Waals surface area contributed by atoms with Gasteiger partial charge >= 0.3 is 0 Å². The summed E-state index contributed by atoms with van der Waals surface area (Å²) in [6.45, 7) is 3.68. The zero-order valence-electron chi connectivity index (χ0n) is 14.0. The molecule has 0 amide bonds. The molecule has 2 nitrogen and oxygen atoms in total. The van der Waals surface area contributed by atoms with E-state index in [1.54, 1.807) is 0 Å². The Hall–Kier alpha value is -2.74. The van der Waals surface area contributed by atoms with Crippen molar-refractivity contribution in [3.8, 4) is 16.9 Å². The van der Waals surface area contributed by atoms with Crippen molar-refractivity contribution in [1.82, 2.24) is 0 Å². The van der Waals surface area contributed by atoms with E-state index in [1.807, 2.05) is 18.2 Å². The fourth-order valence-electron chi connectivity index (χ4n) is 2.54. The quantitative estimate of drug-likeness (QED) is 0.598. The molecule has 0 radical (unpaired) electrons. The maximum atomic E-state index is 5.60. The number of hydrogen-bond donors (Lipinski definition) is 1. The molecule has 0 aliphatic rings. The van der Waals surface area contributed by atoms with Crippen LogP contribution in [0.3, 0.4) is 0 Å². The van der Waals surface area contributed by atoms with E-state index in [1.165, 1.54) is 16.7 Å². The first-order chi connectivity index (χ1) is 11.8. The monoisotopic (exact) mass is 317 g/mol. The van der Waals surface area contributed by atoms with Gasteiger partial charge in [0.25, 0.3) is 0 Å². The number of benzene rings is 3. The van der Waals surface area contributed by atoms with E-state index in [-0.39, 0.29) is 0 Å². The third kappa shape index (κ3) is 4.39. The van der Waals surface area contributed by atoms with Gasteiger partial charge in [0.05, 0.1) is 6.61 Å². The summed E-state index contributed by atoms with van der Waals surface area (Å²) in [5, 5.41) is 3.45. The Labute approximate surface area is 144 Å². The summed E-state index contributed by atoms with van der Waals surface area (Å²) in [4.78, 5) is 0. The Bertz CT molecular complexity index is 733. The summed E-state index contributed by atoms with van der Waals surface area (Å²) in [7, 11) is 0. The lowest BCUT2D eigenvalue weighted by atomic mass is 10.0. The molecule has 122 valence electrons. The van der Waals surface area contributed by atoms with Gasteiger partial charge in [-0.05, 0) is 47.4 Å². The molecular weight excluding hydrogens is 294 g/mol. The van der Waals surface area contributed by atoms with Gasteiger partial charge in [0.1, 0.15) is 5.75 Å². The van der Waals surface area contributed by atoms with Gasteiger partial charge in [0, 0.05) is 12.2 Å². The minimum atomic E-state index is 0.764. The molecule has 0 heterocycles. The summed E-state index contributed by atoms with van der Waals surface area (Å²) in [6, 6.07) is 27.3. The van der Waals surface area contributed by atoms with Gasteiger partial charge in [0.15, 0.2) is 0 Å². The zero-order chi connectivity index (χ0) is 16.6. The van der Waals surface area contributed by atoms with Crippen LogP contribution in [0.25, 0.3) is 11.1 Å². The number of ether oxygens (including phenoxy) is 1. The van der Waals surface area contributed by atoms with Crippen molar-refractivity contribution in [2.45, 2.75) is 19.9 Å². The van der Waals surface area contributed by atoms with Gasteiger partial charge in [0.2, 0.25) is 0 Å². The molecule has 0 atom stereocenters. The van der Waals surface area contributed by atoms with Crippen LogP contribution in [0.2, 0.25) is 0 Å². The highest BCUT2D eigenvalue weighted by molar-refractivity contribution is 5.63. The van der Waals surface area contributed by atoms with E-state index in [4.69, 9.17) is 4.74 Å². The predicted octanol–water partition coefficient (Wildman–Crippen LogP) is 5.75. The first-order valence-electron chi connectivity index (χ1n) is 8.46. The molecule has 0 spiro atoms. The van der Waals surface area contributed by atoms with Gasteiger partial charge in [-0.15, -0.1) is 0 Å². The van der Waals surface area contributed by atoms with Crippen LogP contribution in [0.15, 0.2) is 78.9 Å². The second-order valence-electron chi connectivity index (χ2n) is 5.79. The molecule has 0 saturated heterocycles. The fraction of sp³-hybridized carbons (Fsp3) is 0.182. The van der Waals surface area contributed by atoms with Gasteiger partial charge in [-0.3, -0.25) is 0 Å². The van der Waals surface area contributed by atoms with Crippen molar-refractivity contribution in [3.05, 3.63) is 84.4 Å². The molecule has 24 heavy (non-hydrogen) atoms. The molecule has 3 aromatic carbocycles. The van der Waals surface area contributed by atoms with Crippen molar-refractivity contribution >= 4 is 5.69 Å². The molecule has 0 aliphatic heterocycles. The van der Waals surface area contributed by atoms with Gasteiger partial charge in [-0.25, -0.2) is 0 Å². The molecular formula is C22H23NO. The normalized spacial score (nSPS) is 10.4. The highest BCUT2D eigenvalue weighted by Gasteiger charge is 1.99. The lowest BCUT2D eigenvalue weighted by Gasteiger charge is -2.09. The Balaban J connectivity index is 1.57. The van der Waals surface area contributed by atoms with Crippen LogP contribution in [0.5, 0.6) is 5.75 Å². The maximum Gasteiger partial charge on any atom is 0.119 e. The van der Waals surface area contributed by atoms with Crippen molar-refractivity contribution < 1.29 is 4.74 Å². The van der Waals surface area contributed by atoms with E-state index in [9.17, 15) is 0 Å². The molecule has 0 bridgehead atoms. The van der Waals surface area contributed by atoms with Crippen molar-refractivity contribution in [2.24, 2.45) is 0 Å². The second-order valence-corrected chi connectivity index (χ2v) is 5.79. The topological polar surface area (TPSA) is 21.3 Å². The summed E-state index contributed by atoms with van der Waals surface area (Å²) in [6.07, 6.45) is 1.03. The molecule has 0 saturated carbocycles. The van der Waals surface area contributed by atoms with E-state index in [0.29, 0.717) is 0 Å². The molecule has 0 aromatic heterocycles. The average Bonchev–Trinajstić information content (AvgIpc) is 2.67. The summed E-state index contributed by atoms with van der Waals surface area (Å²) >= 11 is 0. The van der Waals surface area contributed by atoms with Gasteiger partial charge < -0.3 is 10.1 Å². The molecule has 0 fully saturated rings. The molecule has 0 aliphatic carbocycles. The van der Waals surface area contributed by atoms with E-state index < -0.39 is 0 Å². The van der Waals surface area contributed by atoms with E-state index in [0.717, 1.165) is 31.0 Å². The highest BCUT2D eigenvalue weighted by Crippen LogP contribution is 2.20. The van der Waals surface area contributed by atoms with Crippen LogP contribution < -0.4 is 10.1 Å². The first kappa shape index (κ1) is 16.1. The Morgan fingerprint density at radius 1 is 0.750 bits per heavy atom. The van der Waals surface area contributed by atoms with Gasteiger partial charge in [-0.2, -0.15) is 0 Å². The maximum absolute atomic E-state index is 5.60. The van der Waals surface area contributed by atoms with Gasteiger partial charge in [-0.1, -0.05) is 61.5 Å². The van der Waals surface area contributed by atoms with Crippen LogP contribution in [-0.4, -0.2) is 6.61 Å². The zero-order valence-corrected chi connectivity index (χ0v) is 14.0. The number of anilines is 1. The van der Waals surface area contributed by atoms with Crippen LogP contribution in [0.1, 0.15) is 18.9 Å². The smallest absolute Gasteiger partial charge is 0.119 e. The van der Waals surface area contributed by atoms with Crippen molar-refractivity contribution in [3.63, 3.8) is 0 Å².